The molecular weight excluding hydrogens is 727 g/mol. The molecule has 0 atom stereocenters. The second-order valence-corrected chi connectivity index (χ2v) is 15.2. The van der Waals surface area contributed by atoms with Crippen LogP contribution in [-0.4, -0.2) is 15.0 Å². The van der Waals surface area contributed by atoms with Crippen molar-refractivity contribution in [3.8, 4) is 78.5 Å². The number of fused-ring (bicyclic) bond motifs is 4. The third-order valence-corrected chi connectivity index (χ3v) is 11.5. The topological polar surface area (TPSA) is 38.7 Å². The van der Waals surface area contributed by atoms with E-state index in [-0.39, 0.29) is 0 Å². The van der Waals surface area contributed by atoms with Crippen LogP contribution in [0.15, 0.2) is 224 Å². The highest BCUT2D eigenvalue weighted by Gasteiger charge is 2.17. The van der Waals surface area contributed by atoms with Crippen molar-refractivity contribution in [3.05, 3.63) is 224 Å². The van der Waals surface area contributed by atoms with Crippen molar-refractivity contribution in [2.75, 3.05) is 0 Å². The highest BCUT2D eigenvalue weighted by molar-refractivity contribution is 6.14. The molecule has 0 spiro atoms. The molecule has 11 aromatic rings. The summed E-state index contributed by atoms with van der Waals surface area (Å²) in [6, 6.07) is 79.3. The average Bonchev–Trinajstić information content (AvgIpc) is 3.34. The van der Waals surface area contributed by atoms with Crippen LogP contribution in [0.4, 0.5) is 0 Å². The van der Waals surface area contributed by atoms with Gasteiger partial charge in [-0.2, -0.15) is 0 Å². The number of hydrogen-bond acceptors (Lipinski definition) is 3. The van der Waals surface area contributed by atoms with Gasteiger partial charge in [0.05, 0.1) is 22.6 Å². The Bertz CT molecular complexity index is 3320. The van der Waals surface area contributed by atoms with Crippen LogP contribution in [0.1, 0.15) is 0 Å². The Balaban J connectivity index is 0.991. The predicted octanol–water partition coefficient (Wildman–Crippen LogP) is 15.0. The first-order valence-electron chi connectivity index (χ1n) is 20.3. The summed E-state index contributed by atoms with van der Waals surface area (Å²) < 4.78 is 0. The molecule has 3 heteroatoms. The van der Waals surface area contributed by atoms with Crippen LogP contribution in [0.25, 0.3) is 111 Å². The molecule has 9 aromatic carbocycles. The van der Waals surface area contributed by atoms with E-state index < -0.39 is 0 Å². The van der Waals surface area contributed by atoms with Crippen LogP contribution in [-0.2, 0) is 0 Å². The Labute approximate surface area is 349 Å². The van der Waals surface area contributed by atoms with Crippen LogP contribution in [0.5, 0.6) is 0 Å². The van der Waals surface area contributed by atoms with Crippen LogP contribution in [0.2, 0.25) is 0 Å². The smallest absolute Gasteiger partial charge is 0.160 e. The Morgan fingerprint density at radius 2 is 0.717 bits per heavy atom. The SMILES string of the molecule is c1ccc(-c2ccc(-c3cc(-c4ccc(-c5ccc(-c6cc(-c7ccccc7)c7c(ccc8ccccc87)n6)cc5)c5ccccc45)nc(-c4ccccc4)n3)cc2)cc1. The summed E-state index contributed by atoms with van der Waals surface area (Å²) in [5, 5.41) is 5.91. The molecule has 11 rings (SSSR count). The molecular formula is C57H37N3. The van der Waals surface area contributed by atoms with Crippen LogP contribution in [0, 0.1) is 0 Å². The maximum atomic E-state index is 5.24. The van der Waals surface area contributed by atoms with Gasteiger partial charge in [-0.25, -0.2) is 15.0 Å². The molecule has 0 aliphatic carbocycles. The van der Waals surface area contributed by atoms with Crippen molar-refractivity contribution in [2.45, 2.75) is 0 Å². The van der Waals surface area contributed by atoms with Crippen LogP contribution in [0.3, 0.4) is 0 Å². The minimum absolute atomic E-state index is 0.699. The van der Waals surface area contributed by atoms with Crippen molar-refractivity contribution in [1.29, 1.82) is 0 Å². The van der Waals surface area contributed by atoms with Gasteiger partial charge in [-0.05, 0) is 73.1 Å². The van der Waals surface area contributed by atoms with Crippen molar-refractivity contribution in [2.24, 2.45) is 0 Å². The van der Waals surface area contributed by atoms with Gasteiger partial charge < -0.3 is 0 Å². The van der Waals surface area contributed by atoms with Gasteiger partial charge >= 0.3 is 0 Å². The van der Waals surface area contributed by atoms with Crippen molar-refractivity contribution >= 4 is 32.4 Å². The van der Waals surface area contributed by atoms with E-state index >= 15 is 0 Å². The maximum absolute atomic E-state index is 5.24. The summed E-state index contributed by atoms with van der Waals surface area (Å²) in [5.74, 6) is 0.699. The van der Waals surface area contributed by atoms with Crippen LogP contribution < -0.4 is 0 Å². The number of nitrogens with zero attached hydrogens (tertiary/aromatic N) is 3. The first-order valence-corrected chi connectivity index (χ1v) is 20.3. The molecule has 0 aliphatic heterocycles. The third kappa shape index (κ3) is 6.49. The van der Waals surface area contributed by atoms with E-state index in [1.807, 2.05) is 24.3 Å². The molecule has 2 aromatic heterocycles. The van der Waals surface area contributed by atoms with E-state index in [2.05, 4.69) is 200 Å². The van der Waals surface area contributed by atoms with Crippen molar-refractivity contribution in [3.63, 3.8) is 0 Å². The lowest BCUT2D eigenvalue weighted by Gasteiger charge is -2.15. The molecule has 60 heavy (non-hydrogen) atoms. The van der Waals surface area contributed by atoms with E-state index in [0.29, 0.717) is 5.82 Å². The second kappa shape index (κ2) is 15.1. The fourth-order valence-corrected chi connectivity index (χ4v) is 8.51. The molecule has 0 radical (unpaired) electrons. The van der Waals surface area contributed by atoms with Gasteiger partial charge in [0, 0.05) is 27.6 Å². The minimum atomic E-state index is 0.699. The van der Waals surface area contributed by atoms with E-state index in [1.54, 1.807) is 0 Å². The first kappa shape index (κ1) is 35.2. The van der Waals surface area contributed by atoms with Gasteiger partial charge in [0.15, 0.2) is 5.82 Å². The molecule has 0 bridgehead atoms. The summed E-state index contributed by atoms with van der Waals surface area (Å²) in [6.07, 6.45) is 0. The van der Waals surface area contributed by atoms with Gasteiger partial charge in [0.1, 0.15) is 0 Å². The molecule has 0 saturated carbocycles. The minimum Gasteiger partial charge on any atom is -0.248 e. The van der Waals surface area contributed by atoms with Gasteiger partial charge in [-0.3, -0.25) is 0 Å². The van der Waals surface area contributed by atoms with E-state index in [1.165, 1.54) is 43.8 Å². The molecule has 2 heterocycles. The summed E-state index contributed by atoms with van der Waals surface area (Å²) in [5.41, 5.74) is 14.9. The monoisotopic (exact) mass is 763 g/mol. The molecule has 0 amide bonds. The maximum Gasteiger partial charge on any atom is 0.160 e. The molecule has 0 saturated heterocycles. The Kier molecular flexibility index (Phi) is 8.83. The number of hydrogen-bond donors (Lipinski definition) is 0. The molecule has 0 fully saturated rings. The molecule has 0 N–H and O–H groups in total. The van der Waals surface area contributed by atoms with Crippen molar-refractivity contribution in [1.82, 2.24) is 15.0 Å². The predicted molar refractivity (Wildman–Crippen MR) is 250 cm³/mol. The lowest BCUT2D eigenvalue weighted by molar-refractivity contribution is 1.18. The van der Waals surface area contributed by atoms with Crippen molar-refractivity contribution < 1.29 is 0 Å². The summed E-state index contributed by atoms with van der Waals surface area (Å²) in [7, 11) is 0. The number of benzene rings is 9. The van der Waals surface area contributed by atoms with Gasteiger partial charge in [-0.1, -0.05) is 206 Å². The largest absolute Gasteiger partial charge is 0.248 e. The van der Waals surface area contributed by atoms with Gasteiger partial charge in [-0.15, -0.1) is 0 Å². The molecule has 3 nitrogen and oxygen atoms in total. The van der Waals surface area contributed by atoms with Gasteiger partial charge in [0.25, 0.3) is 0 Å². The lowest BCUT2D eigenvalue weighted by Crippen LogP contribution is -1.97. The fraction of sp³-hybridized carbons (Fsp3) is 0. The zero-order chi connectivity index (χ0) is 39.8. The summed E-state index contributed by atoms with van der Waals surface area (Å²) >= 11 is 0. The quantitative estimate of drug-likeness (QED) is 0.152. The normalized spacial score (nSPS) is 11.3. The van der Waals surface area contributed by atoms with E-state index in [9.17, 15) is 0 Å². The highest BCUT2D eigenvalue weighted by Crippen LogP contribution is 2.40. The Morgan fingerprint density at radius 3 is 1.40 bits per heavy atom. The highest BCUT2D eigenvalue weighted by atomic mass is 14.9. The average molecular weight is 764 g/mol. The van der Waals surface area contributed by atoms with E-state index in [0.717, 1.165) is 61.4 Å². The molecule has 0 aliphatic rings. The number of rotatable bonds is 7. The molecule has 280 valence electrons. The Morgan fingerprint density at radius 1 is 0.250 bits per heavy atom. The fourth-order valence-electron chi connectivity index (χ4n) is 8.51. The zero-order valence-corrected chi connectivity index (χ0v) is 32.7. The summed E-state index contributed by atoms with van der Waals surface area (Å²) in [6.45, 7) is 0. The third-order valence-electron chi connectivity index (χ3n) is 11.5. The molecule has 0 unspecified atom stereocenters. The van der Waals surface area contributed by atoms with Gasteiger partial charge in [0.2, 0.25) is 0 Å². The second-order valence-electron chi connectivity index (χ2n) is 15.2. The van der Waals surface area contributed by atoms with Crippen LogP contribution >= 0.6 is 0 Å². The number of pyridine rings is 1. The van der Waals surface area contributed by atoms with E-state index in [4.69, 9.17) is 15.0 Å². The Hall–Kier alpha value is -8.01. The zero-order valence-electron chi connectivity index (χ0n) is 32.7. The first-order chi connectivity index (χ1) is 29.7. The lowest BCUT2D eigenvalue weighted by atomic mass is 9.92. The number of aromatic nitrogens is 3. The standard InChI is InChI=1S/C57H37N3/c1-4-14-38(15-5-1)39-24-28-44(29-25-39)54-37-55(60-57(59-54)45-19-8-3-9-20-45)50-34-33-46(48-22-12-13-23-49(48)50)42-26-30-43(31-27-42)53-36-51(40-16-6-2-7-17-40)56-47-21-11-10-18-41(47)32-35-52(56)58-53/h1-37H. The summed E-state index contributed by atoms with van der Waals surface area (Å²) in [4.78, 5) is 15.6.